The minimum absolute atomic E-state index is 0.0637. The SMILES string of the molecule is O=C1C=C(NC(=O)C(=O)c2cn(Cc3ccc(Cl)cc3)c3cc(Cl)ccc23)CO1. The molecule has 2 heterocycles. The van der Waals surface area contributed by atoms with Gasteiger partial charge in [-0.15, -0.1) is 0 Å². The van der Waals surface area contributed by atoms with Gasteiger partial charge in [-0.25, -0.2) is 4.79 Å². The molecule has 1 aliphatic rings. The van der Waals surface area contributed by atoms with Gasteiger partial charge in [-0.3, -0.25) is 9.59 Å². The molecular weight excluding hydrogens is 415 g/mol. The van der Waals surface area contributed by atoms with Gasteiger partial charge in [-0.2, -0.15) is 0 Å². The number of ketones is 1. The molecule has 4 rings (SSSR count). The Bertz CT molecular complexity index is 1180. The Morgan fingerprint density at radius 1 is 1.07 bits per heavy atom. The number of benzene rings is 2. The highest BCUT2D eigenvalue weighted by atomic mass is 35.5. The molecule has 0 bridgehead atoms. The lowest BCUT2D eigenvalue weighted by molar-refractivity contribution is -0.135. The molecule has 1 aliphatic heterocycles. The van der Waals surface area contributed by atoms with E-state index < -0.39 is 17.7 Å². The molecule has 8 heteroatoms. The summed E-state index contributed by atoms with van der Waals surface area (Å²) < 4.78 is 6.58. The quantitative estimate of drug-likeness (QED) is 0.381. The van der Waals surface area contributed by atoms with Gasteiger partial charge in [-0.1, -0.05) is 41.4 Å². The fraction of sp³-hybridized carbons (Fsp3) is 0.0952. The lowest BCUT2D eigenvalue weighted by Crippen LogP contribution is -2.31. The molecule has 1 aromatic heterocycles. The number of aromatic nitrogens is 1. The van der Waals surface area contributed by atoms with Crippen molar-refractivity contribution in [1.82, 2.24) is 9.88 Å². The van der Waals surface area contributed by atoms with Gasteiger partial charge in [0, 0.05) is 34.2 Å². The number of halogens is 2. The summed E-state index contributed by atoms with van der Waals surface area (Å²) >= 11 is 12.1. The maximum absolute atomic E-state index is 12.8. The fourth-order valence-corrected chi connectivity index (χ4v) is 3.43. The number of Topliss-reactive ketones (excluding diaryl/α,β-unsaturated/α-hetero) is 1. The molecule has 6 nitrogen and oxygen atoms in total. The number of esters is 1. The number of rotatable bonds is 5. The molecule has 0 atom stereocenters. The standard InChI is InChI=1S/C21H14Cl2N2O4/c22-13-3-1-12(2-4-13)9-25-10-17(16-6-5-14(23)7-18(16)25)20(27)21(28)24-15-8-19(26)29-11-15/h1-8,10H,9,11H2,(H,24,28). The third-order valence-corrected chi connectivity index (χ3v) is 4.98. The maximum atomic E-state index is 12.8. The number of cyclic esters (lactones) is 1. The highest BCUT2D eigenvalue weighted by Crippen LogP contribution is 2.26. The van der Waals surface area contributed by atoms with Gasteiger partial charge >= 0.3 is 5.97 Å². The molecule has 29 heavy (non-hydrogen) atoms. The van der Waals surface area contributed by atoms with E-state index >= 15 is 0 Å². The number of hydrogen-bond donors (Lipinski definition) is 1. The molecule has 2 aromatic carbocycles. The first kappa shape index (κ1) is 19.2. The zero-order chi connectivity index (χ0) is 20.5. The molecule has 3 aromatic rings. The average molecular weight is 429 g/mol. The van der Waals surface area contributed by atoms with Crippen LogP contribution in [0.3, 0.4) is 0 Å². The summed E-state index contributed by atoms with van der Waals surface area (Å²) in [5, 5.41) is 4.18. The largest absolute Gasteiger partial charge is 0.456 e. The molecule has 0 saturated heterocycles. The van der Waals surface area contributed by atoms with E-state index in [4.69, 9.17) is 27.9 Å². The van der Waals surface area contributed by atoms with Crippen molar-refractivity contribution in [1.29, 1.82) is 0 Å². The predicted octanol–water partition coefficient (Wildman–Crippen LogP) is 3.74. The monoisotopic (exact) mass is 428 g/mol. The van der Waals surface area contributed by atoms with Crippen LogP contribution in [0.2, 0.25) is 10.0 Å². The molecule has 0 aliphatic carbocycles. The molecule has 146 valence electrons. The van der Waals surface area contributed by atoms with E-state index in [1.54, 1.807) is 36.5 Å². The number of amides is 1. The molecule has 1 amide bonds. The molecule has 0 saturated carbocycles. The zero-order valence-electron chi connectivity index (χ0n) is 14.9. The van der Waals surface area contributed by atoms with Gasteiger partial charge in [0.2, 0.25) is 0 Å². The normalized spacial score (nSPS) is 13.3. The Kier molecular flexibility index (Phi) is 5.13. The van der Waals surface area contributed by atoms with Crippen LogP contribution in [0.25, 0.3) is 10.9 Å². The van der Waals surface area contributed by atoms with Gasteiger partial charge < -0.3 is 14.6 Å². The van der Waals surface area contributed by atoms with Crippen molar-refractivity contribution in [2.45, 2.75) is 6.54 Å². The van der Waals surface area contributed by atoms with Crippen molar-refractivity contribution in [2.24, 2.45) is 0 Å². The number of nitrogens with zero attached hydrogens (tertiary/aromatic N) is 1. The first-order valence-corrected chi connectivity index (χ1v) is 9.42. The number of fused-ring (bicyclic) bond motifs is 1. The van der Waals surface area contributed by atoms with Crippen LogP contribution in [0.1, 0.15) is 15.9 Å². The van der Waals surface area contributed by atoms with Crippen LogP contribution in [0.5, 0.6) is 0 Å². The highest BCUT2D eigenvalue weighted by Gasteiger charge is 2.24. The van der Waals surface area contributed by atoms with Crippen LogP contribution in [0.15, 0.2) is 60.4 Å². The van der Waals surface area contributed by atoms with E-state index in [-0.39, 0.29) is 17.9 Å². The second-order valence-corrected chi connectivity index (χ2v) is 7.39. The summed E-state index contributed by atoms with van der Waals surface area (Å²) in [4.78, 5) is 36.3. The van der Waals surface area contributed by atoms with E-state index in [0.29, 0.717) is 22.0 Å². The Labute approximate surface area is 175 Å². The summed E-state index contributed by atoms with van der Waals surface area (Å²) in [5.74, 6) is -2.11. The van der Waals surface area contributed by atoms with Crippen molar-refractivity contribution >= 4 is 51.8 Å². The first-order valence-electron chi connectivity index (χ1n) is 8.66. The van der Waals surface area contributed by atoms with Crippen molar-refractivity contribution < 1.29 is 19.1 Å². The van der Waals surface area contributed by atoms with Gasteiger partial charge in [0.1, 0.15) is 6.61 Å². The minimum Gasteiger partial charge on any atom is -0.456 e. The first-order chi connectivity index (χ1) is 13.9. The van der Waals surface area contributed by atoms with E-state index in [1.165, 1.54) is 0 Å². The summed E-state index contributed by atoms with van der Waals surface area (Å²) in [6.07, 6.45) is 2.77. The minimum atomic E-state index is -0.838. The number of carbonyl (C=O) groups is 3. The lowest BCUT2D eigenvalue weighted by atomic mass is 10.1. The molecule has 0 radical (unpaired) electrons. The van der Waals surface area contributed by atoms with Gasteiger partial charge in [0.25, 0.3) is 11.7 Å². The Morgan fingerprint density at radius 2 is 1.79 bits per heavy atom. The molecule has 0 unspecified atom stereocenters. The second-order valence-electron chi connectivity index (χ2n) is 6.52. The molecule has 0 fully saturated rings. The second kappa shape index (κ2) is 7.73. The number of nitrogens with one attached hydrogen (secondary N) is 1. The Hall–Kier alpha value is -3.09. The predicted molar refractivity (Wildman–Crippen MR) is 109 cm³/mol. The Balaban J connectivity index is 1.68. The fourth-order valence-electron chi connectivity index (χ4n) is 3.13. The highest BCUT2D eigenvalue weighted by molar-refractivity contribution is 6.45. The third-order valence-electron chi connectivity index (χ3n) is 4.50. The molecule has 1 N–H and O–H groups in total. The van der Waals surface area contributed by atoms with Crippen molar-refractivity contribution in [2.75, 3.05) is 6.61 Å². The number of hydrogen-bond acceptors (Lipinski definition) is 4. The average Bonchev–Trinajstić information content (AvgIpc) is 3.26. The van der Waals surface area contributed by atoms with Crippen molar-refractivity contribution in [3.8, 4) is 0 Å². The van der Waals surface area contributed by atoms with E-state index in [2.05, 4.69) is 5.32 Å². The summed E-state index contributed by atoms with van der Waals surface area (Å²) in [6.45, 7) is 0.405. The lowest BCUT2D eigenvalue weighted by Gasteiger charge is -2.06. The topological polar surface area (TPSA) is 77.4 Å². The van der Waals surface area contributed by atoms with Crippen LogP contribution in [0, 0.1) is 0 Å². The smallest absolute Gasteiger partial charge is 0.333 e. The van der Waals surface area contributed by atoms with Gasteiger partial charge in [0.05, 0.1) is 16.8 Å². The van der Waals surface area contributed by atoms with Crippen molar-refractivity contribution in [3.63, 3.8) is 0 Å². The van der Waals surface area contributed by atoms with Crippen LogP contribution in [-0.2, 0) is 20.9 Å². The zero-order valence-corrected chi connectivity index (χ0v) is 16.5. The molecular formula is C21H14Cl2N2O4. The van der Waals surface area contributed by atoms with E-state index in [1.807, 2.05) is 16.7 Å². The van der Waals surface area contributed by atoms with E-state index in [9.17, 15) is 14.4 Å². The van der Waals surface area contributed by atoms with E-state index in [0.717, 1.165) is 17.2 Å². The van der Waals surface area contributed by atoms with Crippen LogP contribution in [0.4, 0.5) is 0 Å². The molecule has 0 spiro atoms. The van der Waals surface area contributed by atoms with Crippen LogP contribution >= 0.6 is 23.2 Å². The van der Waals surface area contributed by atoms with Gasteiger partial charge in [0.15, 0.2) is 0 Å². The number of carbonyl (C=O) groups excluding carboxylic acids is 3. The summed E-state index contributed by atoms with van der Waals surface area (Å²) in [7, 11) is 0. The summed E-state index contributed by atoms with van der Waals surface area (Å²) in [5.41, 5.74) is 2.19. The van der Waals surface area contributed by atoms with Crippen LogP contribution < -0.4 is 5.32 Å². The summed E-state index contributed by atoms with van der Waals surface area (Å²) in [6, 6.07) is 12.5. The Morgan fingerprint density at radius 3 is 2.48 bits per heavy atom. The van der Waals surface area contributed by atoms with Gasteiger partial charge in [-0.05, 0) is 29.8 Å². The maximum Gasteiger partial charge on any atom is 0.333 e. The third kappa shape index (κ3) is 4.04. The van der Waals surface area contributed by atoms with Crippen LogP contribution in [-0.4, -0.2) is 28.8 Å². The number of ether oxygens (including phenoxy) is 1. The van der Waals surface area contributed by atoms with Crippen molar-refractivity contribution in [3.05, 3.63) is 81.6 Å².